The molecular weight excluding hydrogens is 936 g/mol. The van der Waals surface area contributed by atoms with Crippen LogP contribution in [-0.2, 0) is 48.1 Å². The van der Waals surface area contributed by atoms with Gasteiger partial charge in [0.25, 0.3) is 17.7 Å². The molecule has 0 spiro atoms. The average molecular weight is 992 g/mol. The molecule has 0 saturated carbocycles. The zero-order valence-corrected chi connectivity index (χ0v) is 39.7. The fraction of sp³-hybridized carbons (Fsp3) is 0.367. The molecule has 0 aromatic heterocycles. The van der Waals surface area contributed by atoms with E-state index in [1.54, 1.807) is 39.8 Å². The fourth-order valence-electron chi connectivity index (χ4n) is 8.14. The van der Waals surface area contributed by atoms with E-state index in [1.165, 1.54) is 77.8 Å². The summed E-state index contributed by atoms with van der Waals surface area (Å²) in [4.78, 5) is 67.2. The number of rotatable bonds is 17. The number of amides is 5. The van der Waals surface area contributed by atoms with Crippen LogP contribution in [0.2, 0.25) is 0 Å². The number of benzene rings is 4. The van der Waals surface area contributed by atoms with Crippen molar-refractivity contribution in [2.24, 2.45) is 11.5 Å². The SMILES string of the molecule is Cc1ccc(S(=O)(=O)C2=C(C(=O)N[C@@H](CCCCNC(=O)OC(C)(C)C)C(O)C(=O)NCc3ccc(C(N)=O)cc3)N3C(=O)C(N)(Cc4ccc(C(F)(F)F)cc4)CCN3C2c2ccc(O)cc2)cc1. The van der Waals surface area contributed by atoms with E-state index in [2.05, 4.69) is 16.0 Å². The monoisotopic (exact) mass is 991 g/mol. The number of phenolic OH excluding ortho intramolecular Hbond substituents is 1. The van der Waals surface area contributed by atoms with Gasteiger partial charge in [0, 0.05) is 25.2 Å². The number of carbonyl (C=O) groups excluding carboxylic acids is 5. The first kappa shape index (κ1) is 52.6. The Kier molecular flexibility index (Phi) is 15.8. The van der Waals surface area contributed by atoms with Crippen LogP contribution in [0.25, 0.3) is 0 Å². The Labute approximate surface area is 402 Å². The van der Waals surface area contributed by atoms with E-state index in [4.69, 9.17) is 16.2 Å². The van der Waals surface area contributed by atoms with E-state index in [0.29, 0.717) is 11.1 Å². The highest BCUT2D eigenvalue weighted by atomic mass is 32.2. The smallest absolute Gasteiger partial charge is 0.416 e. The Morgan fingerprint density at radius 3 is 2.09 bits per heavy atom. The average Bonchev–Trinajstić information content (AvgIpc) is 3.65. The topological polar surface area (TPSA) is 264 Å². The number of phenols is 1. The van der Waals surface area contributed by atoms with Crippen molar-refractivity contribution in [3.05, 3.63) is 141 Å². The number of alkyl carbamates (subject to hydrolysis) is 1. The molecule has 0 bridgehead atoms. The number of ether oxygens (including phenoxy) is 1. The van der Waals surface area contributed by atoms with E-state index < -0.39 is 91.2 Å². The van der Waals surface area contributed by atoms with Gasteiger partial charge in [-0.2, -0.15) is 13.2 Å². The number of aliphatic hydroxyl groups excluding tert-OH is 1. The number of hydrogen-bond donors (Lipinski definition) is 7. The maximum absolute atomic E-state index is 15.2. The number of aromatic hydroxyl groups is 1. The van der Waals surface area contributed by atoms with E-state index in [-0.39, 0.29) is 79.1 Å². The molecule has 2 aliphatic heterocycles. The number of aryl methyl sites for hydroxylation is 1. The van der Waals surface area contributed by atoms with Crippen LogP contribution >= 0.6 is 0 Å². The third-order valence-electron chi connectivity index (χ3n) is 11.8. The molecule has 17 nitrogen and oxygen atoms in total. The summed E-state index contributed by atoms with van der Waals surface area (Å²) >= 11 is 0. The summed E-state index contributed by atoms with van der Waals surface area (Å²) in [5.41, 5.74) is 9.79. The van der Waals surface area contributed by atoms with Gasteiger partial charge in [0.1, 0.15) is 27.5 Å². The van der Waals surface area contributed by atoms with Crippen molar-refractivity contribution in [1.29, 1.82) is 0 Å². The molecule has 374 valence electrons. The Hall–Kier alpha value is -6.81. The van der Waals surface area contributed by atoms with Crippen molar-refractivity contribution >= 4 is 39.6 Å². The summed E-state index contributed by atoms with van der Waals surface area (Å²) in [6.07, 6.45) is -7.53. The predicted octanol–water partition coefficient (Wildman–Crippen LogP) is 4.81. The van der Waals surface area contributed by atoms with Crippen LogP contribution in [0.5, 0.6) is 5.75 Å². The lowest BCUT2D eigenvalue weighted by molar-refractivity contribution is -0.160. The number of aliphatic hydroxyl groups is 1. The maximum Gasteiger partial charge on any atom is 0.416 e. The number of primary amides is 1. The number of nitrogens with zero attached hydrogens (tertiary/aromatic N) is 2. The van der Waals surface area contributed by atoms with E-state index >= 15 is 18.0 Å². The lowest BCUT2D eigenvalue weighted by Gasteiger charge is -2.45. The van der Waals surface area contributed by atoms with Crippen LogP contribution in [0.4, 0.5) is 18.0 Å². The van der Waals surface area contributed by atoms with E-state index in [0.717, 1.165) is 17.1 Å². The minimum atomic E-state index is -4.77. The second-order valence-corrected chi connectivity index (χ2v) is 20.2. The molecule has 1 saturated heterocycles. The zero-order chi connectivity index (χ0) is 51.3. The van der Waals surface area contributed by atoms with Crippen molar-refractivity contribution in [1.82, 2.24) is 26.0 Å². The highest BCUT2D eigenvalue weighted by molar-refractivity contribution is 7.95. The van der Waals surface area contributed by atoms with Gasteiger partial charge in [-0.1, -0.05) is 54.1 Å². The van der Waals surface area contributed by atoms with Crippen LogP contribution in [-0.4, -0.2) is 94.7 Å². The molecule has 70 heavy (non-hydrogen) atoms. The first-order valence-electron chi connectivity index (χ1n) is 22.3. The van der Waals surface area contributed by atoms with Crippen LogP contribution in [0.1, 0.15) is 90.7 Å². The summed E-state index contributed by atoms with van der Waals surface area (Å²) in [5, 5.41) is 32.0. The second-order valence-electron chi connectivity index (χ2n) is 18.3. The quantitative estimate of drug-likeness (QED) is 0.0704. The summed E-state index contributed by atoms with van der Waals surface area (Å²) in [6, 6.07) is 18.3. The molecule has 6 rings (SSSR count). The Balaban J connectivity index is 1.42. The zero-order valence-electron chi connectivity index (χ0n) is 38.9. The van der Waals surface area contributed by atoms with Gasteiger partial charge >= 0.3 is 12.3 Å². The largest absolute Gasteiger partial charge is 0.508 e. The number of carbonyl (C=O) groups is 5. The molecule has 2 heterocycles. The van der Waals surface area contributed by atoms with Crippen LogP contribution in [0.3, 0.4) is 0 Å². The molecule has 4 aromatic carbocycles. The molecule has 9 N–H and O–H groups in total. The standard InChI is InChI=1S/C49H56F3N7O10S/c1-29-8-22-36(23-9-29)70(67,68)41-38(32-16-20-35(60)21-17-32)58-26-24-48(54,27-30-12-18-34(19-13-30)49(50,51)52)45(65)59(58)39(41)43(63)57-37(7-5-6-25-55-46(66)69-47(2,3)4)40(61)44(64)56-28-31-10-14-33(15-11-31)42(53)62/h8-23,37-38,40,60-61H,5-7,24-28,54H2,1-4H3,(H2,53,62)(H,55,66)(H,56,64)(H,57,63)/t37-,38?,40?,48?/m0/s1. The Bertz CT molecular complexity index is 2730. The number of sulfone groups is 1. The van der Waals surface area contributed by atoms with Crippen LogP contribution in [0.15, 0.2) is 113 Å². The lowest BCUT2D eigenvalue weighted by atomic mass is 9.85. The van der Waals surface area contributed by atoms with Gasteiger partial charge in [0.05, 0.1) is 22.5 Å². The van der Waals surface area contributed by atoms with E-state index in [1.807, 2.05) is 0 Å². The highest BCUT2D eigenvalue weighted by Gasteiger charge is 2.57. The Morgan fingerprint density at radius 1 is 0.886 bits per heavy atom. The number of nitrogens with one attached hydrogen (secondary N) is 3. The number of nitrogens with two attached hydrogens (primary N) is 2. The maximum atomic E-state index is 15.2. The molecule has 1 fully saturated rings. The third kappa shape index (κ3) is 12.3. The van der Waals surface area contributed by atoms with Gasteiger partial charge in [-0.05, 0) is 125 Å². The normalized spacial score (nSPS) is 18.4. The number of unbranched alkanes of at least 4 members (excludes halogenated alkanes) is 1. The van der Waals surface area contributed by atoms with Crippen molar-refractivity contribution in [2.45, 2.75) is 107 Å². The molecule has 21 heteroatoms. The third-order valence-corrected chi connectivity index (χ3v) is 13.7. The van der Waals surface area contributed by atoms with Gasteiger partial charge in [0.15, 0.2) is 6.10 Å². The van der Waals surface area contributed by atoms with Crippen molar-refractivity contribution in [3.63, 3.8) is 0 Å². The number of fused-ring (bicyclic) bond motifs is 1. The Morgan fingerprint density at radius 2 is 1.50 bits per heavy atom. The van der Waals surface area contributed by atoms with Gasteiger partial charge < -0.3 is 42.4 Å². The summed E-state index contributed by atoms with van der Waals surface area (Å²) in [7, 11) is -4.77. The predicted molar refractivity (Wildman–Crippen MR) is 249 cm³/mol. The number of halogens is 3. The summed E-state index contributed by atoms with van der Waals surface area (Å²) in [6.45, 7) is 6.59. The van der Waals surface area contributed by atoms with Crippen LogP contribution < -0.4 is 27.4 Å². The number of alkyl halides is 3. The van der Waals surface area contributed by atoms with Crippen molar-refractivity contribution in [2.75, 3.05) is 13.1 Å². The fourth-order valence-corrected chi connectivity index (χ4v) is 9.88. The first-order chi connectivity index (χ1) is 32.8. The molecule has 3 unspecified atom stereocenters. The molecule has 4 atom stereocenters. The van der Waals surface area contributed by atoms with Gasteiger partial charge in [-0.25, -0.2) is 23.2 Å². The van der Waals surface area contributed by atoms with Crippen LogP contribution in [0, 0.1) is 6.92 Å². The lowest BCUT2D eigenvalue weighted by Crippen LogP contribution is -2.65. The molecular formula is C49H56F3N7O10S. The minimum Gasteiger partial charge on any atom is -0.508 e. The molecule has 4 aromatic rings. The number of hydrazine groups is 1. The number of hydrogen-bond acceptors (Lipinski definition) is 12. The van der Waals surface area contributed by atoms with Crippen molar-refractivity contribution in [3.8, 4) is 5.75 Å². The van der Waals surface area contributed by atoms with E-state index in [9.17, 15) is 37.8 Å². The second kappa shape index (κ2) is 21.0. The molecule has 2 aliphatic rings. The van der Waals surface area contributed by atoms with Gasteiger partial charge in [0.2, 0.25) is 15.7 Å². The highest BCUT2D eigenvalue weighted by Crippen LogP contribution is 2.48. The molecule has 0 radical (unpaired) electrons. The first-order valence-corrected chi connectivity index (χ1v) is 23.8. The van der Waals surface area contributed by atoms with Crippen molar-refractivity contribution < 1.29 is 60.5 Å². The molecule has 0 aliphatic carbocycles. The minimum absolute atomic E-state index is 0.0896. The summed E-state index contributed by atoms with van der Waals surface area (Å²) in [5.74, 6) is -3.99. The molecule has 5 amide bonds. The van der Waals surface area contributed by atoms with Gasteiger partial charge in [-0.15, -0.1) is 0 Å². The van der Waals surface area contributed by atoms with Gasteiger partial charge in [-0.3, -0.25) is 19.2 Å². The summed E-state index contributed by atoms with van der Waals surface area (Å²) < 4.78 is 76.1.